The van der Waals surface area contributed by atoms with Crippen LogP contribution in [0.5, 0.6) is 0 Å². The van der Waals surface area contributed by atoms with Crippen LogP contribution in [0.25, 0.3) is 0 Å². The van der Waals surface area contributed by atoms with Crippen LogP contribution in [0.15, 0.2) is 11.5 Å². The molecule has 0 rings (SSSR count). The molecule has 0 aromatic heterocycles. The lowest BCUT2D eigenvalue weighted by Gasteiger charge is -1.80. The van der Waals surface area contributed by atoms with Crippen LogP contribution in [0, 0.1) is 0 Å². The Hall–Kier alpha value is -0.550. The smallest absolute Gasteiger partial charge is 0.329 e. The average molecular weight is 187 g/mol. The van der Waals surface area contributed by atoms with Gasteiger partial charge in [-0.3, -0.25) is 0 Å². The lowest BCUT2D eigenvalue weighted by Crippen LogP contribution is -1.92. The average Bonchev–Trinajstić information content (AvgIpc) is 1.59. The molecule has 0 fully saturated rings. The SMILES string of the molecule is CS(=O)(=O)C=CC(=O)O.Cl. The molecule has 0 aromatic carbocycles. The minimum absolute atomic E-state index is 0. The number of hydrogen-bond donors (Lipinski definition) is 1. The van der Waals surface area contributed by atoms with Crippen molar-refractivity contribution in [3.63, 3.8) is 0 Å². The van der Waals surface area contributed by atoms with E-state index in [4.69, 9.17) is 5.11 Å². The van der Waals surface area contributed by atoms with Crippen molar-refractivity contribution in [3.05, 3.63) is 11.5 Å². The van der Waals surface area contributed by atoms with E-state index in [-0.39, 0.29) is 12.4 Å². The zero-order valence-electron chi connectivity index (χ0n) is 5.14. The Morgan fingerprint density at radius 3 is 2.00 bits per heavy atom. The predicted molar refractivity (Wildman–Crippen MR) is 38.9 cm³/mol. The first kappa shape index (κ1) is 12.2. The van der Waals surface area contributed by atoms with Gasteiger partial charge in [0, 0.05) is 17.7 Å². The summed E-state index contributed by atoms with van der Waals surface area (Å²) in [5.41, 5.74) is 0. The van der Waals surface area contributed by atoms with Crippen LogP contribution in [0.4, 0.5) is 0 Å². The van der Waals surface area contributed by atoms with Crippen molar-refractivity contribution in [3.8, 4) is 0 Å². The Morgan fingerprint density at radius 2 is 1.90 bits per heavy atom. The molecule has 0 bridgehead atoms. The number of halogens is 1. The van der Waals surface area contributed by atoms with E-state index in [1.54, 1.807) is 0 Å². The molecule has 0 radical (unpaired) electrons. The molecular formula is C4H7ClO4S. The maximum absolute atomic E-state index is 10.2. The molecule has 60 valence electrons. The highest BCUT2D eigenvalue weighted by Gasteiger charge is 1.93. The number of carboxylic acid groups (broad SMARTS) is 1. The molecule has 0 spiro atoms. The fraction of sp³-hybridized carbons (Fsp3) is 0.250. The van der Waals surface area contributed by atoms with Crippen LogP contribution in [-0.4, -0.2) is 25.7 Å². The quantitative estimate of drug-likeness (QED) is 0.619. The highest BCUT2D eigenvalue weighted by atomic mass is 35.5. The molecular weight excluding hydrogens is 180 g/mol. The number of carbonyl (C=O) groups is 1. The summed E-state index contributed by atoms with van der Waals surface area (Å²) in [4.78, 5) is 9.69. The van der Waals surface area contributed by atoms with E-state index < -0.39 is 15.8 Å². The van der Waals surface area contributed by atoms with Crippen molar-refractivity contribution in [1.29, 1.82) is 0 Å². The van der Waals surface area contributed by atoms with Crippen molar-refractivity contribution >= 4 is 28.2 Å². The van der Waals surface area contributed by atoms with E-state index in [1.165, 1.54) is 0 Å². The fourth-order valence-corrected chi connectivity index (χ4v) is 0.545. The van der Waals surface area contributed by atoms with Gasteiger partial charge >= 0.3 is 5.97 Å². The van der Waals surface area contributed by atoms with E-state index in [9.17, 15) is 13.2 Å². The number of carboxylic acids is 1. The molecule has 0 aliphatic carbocycles. The molecule has 6 heteroatoms. The molecule has 0 unspecified atom stereocenters. The zero-order chi connectivity index (χ0) is 7.49. The number of sulfone groups is 1. The molecule has 0 amide bonds. The van der Waals surface area contributed by atoms with Gasteiger partial charge in [0.1, 0.15) is 0 Å². The van der Waals surface area contributed by atoms with Crippen LogP contribution < -0.4 is 0 Å². The third kappa shape index (κ3) is 10.4. The monoisotopic (exact) mass is 186 g/mol. The van der Waals surface area contributed by atoms with Gasteiger partial charge in [0.15, 0.2) is 9.84 Å². The normalized spacial score (nSPS) is 10.9. The van der Waals surface area contributed by atoms with E-state index in [1.807, 2.05) is 0 Å². The molecule has 0 aliphatic heterocycles. The van der Waals surface area contributed by atoms with Gasteiger partial charge in [-0.1, -0.05) is 0 Å². The molecule has 4 nitrogen and oxygen atoms in total. The minimum Gasteiger partial charge on any atom is -0.478 e. The summed E-state index contributed by atoms with van der Waals surface area (Å²) in [5.74, 6) is -1.26. The fourth-order valence-electron chi connectivity index (χ4n) is 0.182. The van der Waals surface area contributed by atoms with Gasteiger partial charge in [0.2, 0.25) is 0 Å². The highest BCUT2D eigenvalue weighted by molar-refractivity contribution is 7.93. The first-order valence-corrected chi connectivity index (χ1v) is 3.98. The Balaban J connectivity index is 0. The second-order valence-corrected chi connectivity index (χ2v) is 3.40. The van der Waals surface area contributed by atoms with Gasteiger partial charge in [-0.15, -0.1) is 12.4 Å². The Bertz CT molecular complexity index is 228. The summed E-state index contributed by atoms with van der Waals surface area (Å²) >= 11 is 0. The lowest BCUT2D eigenvalue weighted by atomic mass is 10.7. The second kappa shape index (κ2) is 4.29. The van der Waals surface area contributed by atoms with Crippen molar-refractivity contribution in [2.24, 2.45) is 0 Å². The molecule has 0 aliphatic rings. The summed E-state index contributed by atoms with van der Waals surface area (Å²) in [6.45, 7) is 0. The molecule has 0 heterocycles. The van der Waals surface area contributed by atoms with Crippen molar-refractivity contribution in [1.82, 2.24) is 0 Å². The van der Waals surface area contributed by atoms with E-state index in [0.29, 0.717) is 11.5 Å². The summed E-state index contributed by atoms with van der Waals surface area (Å²) in [6.07, 6.45) is 1.50. The van der Waals surface area contributed by atoms with Crippen molar-refractivity contribution in [2.75, 3.05) is 6.26 Å². The Kier molecular flexibility index (Phi) is 5.22. The minimum atomic E-state index is -3.28. The largest absolute Gasteiger partial charge is 0.478 e. The van der Waals surface area contributed by atoms with Gasteiger partial charge < -0.3 is 5.11 Å². The summed E-state index contributed by atoms with van der Waals surface area (Å²) in [5, 5.41) is 8.56. The van der Waals surface area contributed by atoms with Gasteiger partial charge in [-0.25, -0.2) is 13.2 Å². The predicted octanol–water partition coefficient (Wildman–Crippen LogP) is 0.0511. The second-order valence-electron chi connectivity index (χ2n) is 1.47. The number of hydrogen-bond acceptors (Lipinski definition) is 3. The van der Waals surface area contributed by atoms with Gasteiger partial charge in [0.05, 0.1) is 0 Å². The third-order valence-corrected chi connectivity index (χ3v) is 1.09. The van der Waals surface area contributed by atoms with E-state index in [2.05, 4.69) is 0 Å². The van der Waals surface area contributed by atoms with Crippen LogP contribution >= 0.6 is 12.4 Å². The zero-order valence-corrected chi connectivity index (χ0v) is 6.78. The molecule has 0 atom stereocenters. The van der Waals surface area contributed by atoms with Gasteiger partial charge in [-0.2, -0.15) is 0 Å². The molecule has 0 aromatic rings. The summed E-state index contributed by atoms with van der Waals surface area (Å²) in [6, 6.07) is 0. The van der Waals surface area contributed by atoms with Crippen LogP contribution in [0.3, 0.4) is 0 Å². The molecule has 0 saturated carbocycles. The maximum atomic E-state index is 10.2. The van der Waals surface area contributed by atoms with Crippen LogP contribution in [-0.2, 0) is 14.6 Å². The Labute approximate surface area is 64.9 Å². The third-order valence-electron chi connectivity index (χ3n) is 0.458. The maximum Gasteiger partial charge on any atom is 0.329 e. The number of rotatable bonds is 2. The molecule has 10 heavy (non-hydrogen) atoms. The Morgan fingerprint density at radius 1 is 1.50 bits per heavy atom. The lowest BCUT2D eigenvalue weighted by molar-refractivity contribution is -0.131. The first-order chi connectivity index (χ1) is 3.92. The topological polar surface area (TPSA) is 71.4 Å². The highest BCUT2D eigenvalue weighted by Crippen LogP contribution is 1.83. The standard InChI is InChI=1S/C4H6O4S.ClH/c1-9(7,8)3-2-4(5)6;/h2-3H,1H3,(H,5,6);1H. The van der Waals surface area contributed by atoms with Gasteiger partial charge in [0.25, 0.3) is 0 Å². The molecule has 1 N–H and O–H groups in total. The molecule has 0 saturated heterocycles. The van der Waals surface area contributed by atoms with E-state index in [0.717, 1.165) is 6.26 Å². The van der Waals surface area contributed by atoms with Crippen LogP contribution in [0.2, 0.25) is 0 Å². The van der Waals surface area contributed by atoms with Crippen molar-refractivity contribution < 1.29 is 18.3 Å². The van der Waals surface area contributed by atoms with Crippen LogP contribution in [0.1, 0.15) is 0 Å². The van der Waals surface area contributed by atoms with Crippen molar-refractivity contribution in [2.45, 2.75) is 0 Å². The van der Waals surface area contributed by atoms with E-state index >= 15 is 0 Å². The summed E-state index contributed by atoms with van der Waals surface area (Å²) in [7, 11) is -3.28. The summed E-state index contributed by atoms with van der Waals surface area (Å²) < 4.78 is 20.4. The first-order valence-electron chi connectivity index (χ1n) is 2.03. The van der Waals surface area contributed by atoms with Gasteiger partial charge in [-0.05, 0) is 0 Å². The number of aliphatic carboxylic acids is 1.